The SMILES string of the molecule is Fc1ccccc1Oc1ncccc1Nc1cnc2ccccc2n1. The Balaban J connectivity index is 1.65. The lowest BCUT2D eigenvalue weighted by Crippen LogP contribution is -1.99. The van der Waals surface area contributed by atoms with Gasteiger partial charge in [-0.2, -0.15) is 0 Å². The molecule has 2 aromatic heterocycles. The molecule has 5 nitrogen and oxygen atoms in total. The number of rotatable bonds is 4. The van der Waals surface area contributed by atoms with Crippen LogP contribution in [0.3, 0.4) is 0 Å². The van der Waals surface area contributed by atoms with Gasteiger partial charge in [0.15, 0.2) is 11.6 Å². The van der Waals surface area contributed by atoms with E-state index in [1.54, 1.807) is 42.7 Å². The number of anilines is 2. The van der Waals surface area contributed by atoms with Crippen molar-refractivity contribution >= 4 is 22.5 Å². The van der Waals surface area contributed by atoms with Crippen LogP contribution >= 0.6 is 0 Å². The number of hydrogen-bond donors (Lipinski definition) is 1. The van der Waals surface area contributed by atoms with Gasteiger partial charge in [-0.15, -0.1) is 0 Å². The van der Waals surface area contributed by atoms with Crippen LogP contribution in [-0.2, 0) is 0 Å². The monoisotopic (exact) mass is 332 g/mol. The molecular formula is C19H13FN4O. The summed E-state index contributed by atoms with van der Waals surface area (Å²) >= 11 is 0. The number of nitrogens with one attached hydrogen (secondary N) is 1. The van der Waals surface area contributed by atoms with Crippen molar-refractivity contribution in [2.45, 2.75) is 0 Å². The van der Waals surface area contributed by atoms with Crippen LogP contribution < -0.4 is 10.1 Å². The Kier molecular flexibility index (Phi) is 3.92. The molecule has 0 spiro atoms. The van der Waals surface area contributed by atoms with Gasteiger partial charge in [0.05, 0.1) is 17.2 Å². The second-order valence-electron chi connectivity index (χ2n) is 5.26. The molecule has 122 valence electrons. The van der Waals surface area contributed by atoms with Gasteiger partial charge in [-0.1, -0.05) is 24.3 Å². The number of nitrogens with zero attached hydrogens (tertiary/aromatic N) is 3. The van der Waals surface area contributed by atoms with Crippen LogP contribution in [0.4, 0.5) is 15.9 Å². The molecule has 2 aromatic carbocycles. The summed E-state index contributed by atoms with van der Waals surface area (Å²) < 4.78 is 19.4. The first-order valence-electron chi connectivity index (χ1n) is 7.66. The van der Waals surface area contributed by atoms with Crippen LogP contribution in [-0.4, -0.2) is 15.0 Å². The molecule has 0 saturated carbocycles. The highest BCUT2D eigenvalue weighted by Gasteiger charge is 2.10. The maximum Gasteiger partial charge on any atom is 0.243 e. The highest BCUT2D eigenvalue weighted by atomic mass is 19.1. The fourth-order valence-corrected chi connectivity index (χ4v) is 2.35. The molecule has 1 N–H and O–H groups in total. The normalized spacial score (nSPS) is 10.6. The van der Waals surface area contributed by atoms with Crippen molar-refractivity contribution in [3.63, 3.8) is 0 Å². The minimum absolute atomic E-state index is 0.105. The molecular weight excluding hydrogens is 319 g/mol. The van der Waals surface area contributed by atoms with E-state index < -0.39 is 5.82 Å². The summed E-state index contributed by atoms with van der Waals surface area (Å²) in [5.41, 5.74) is 2.14. The molecule has 4 rings (SSSR count). The Bertz CT molecular complexity index is 1040. The Morgan fingerprint density at radius 1 is 0.840 bits per heavy atom. The van der Waals surface area contributed by atoms with Gasteiger partial charge in [0.25, 0.3) is 0 Å². The molecule has 6 heteroatoms. The molecule has 0 aliphatic carbocycles. The van der Waals surface area contributed by atoms with E-state index in [0.717, 1.165) is 11.0 Å². The third-order valence-electron chi connectivity index (χ3n) is 3.53. The highest BCUT2D eigenvalue weighted by Crippen LogP contribution is 2.30. The average molecular weight is 332 g/mol. The van der Waals surface area contributed by atoms with Crippen molar-refractivity contribution in [3.8, 4) is 11.6 Å². The number of benzene rings is 2. The lowest BCUT2D eigenvalue weighted by Gasteiger charge is -2.11. The minimum Gasteiger partial charge on any atom is -0.434 e. The Morgan fingerprint density at radius 2 is 1.64 bits per heavy atom. The topological polar surface area (TPSA) is 59.9 Å². The smallest absolute Gasteiger partial charge is 0.243 e. The molecule has 0 atom stereocenters. The summed E-state index contributed by atoms with van der Waals surface area (Å²) in [5.74, 6) is 0.450. The molecule has 0 amide bonds. The summed E-state index contributed by atoms with van der Waals surface area (Å²) in [5, 5.41) is 3.12. The van der Waals surface area contributed by atoms with Crippen LogP contribution in [0.5, 0.6) is 11.6 Å². The maximum atomic E-state index is 13.8. The number of pyridine rings is 1. The summed E-state index contributed by atoms with van der Waals surface area (Å²) in [6.45, 7) is 0. The van der Waals surface area contributed by atoms with Crippen molar-refractivity contribution in [2.24, 2.45) is 0 Å². The Labute approximate surface area is 143 Å². The van der Waals surface area contributed by atoms with Crippen molar-refractivity contribution in [3.05, 3.63) is 78.9 Å². The standard InChI is InChI=1S/C19H13FN4O/c20-13-6-1-4-10-17(13)25-19-16(9-5-11-21-19)24-18-12-22-14-7-2-3-8-15(14)23-18/h1-12H,(H,23,24). The van der Waals surface area contributed by atoms with Crippen LogP contribution in [0.2, 0.25) is 0 Å². The van der Waals surface area contributed by atoms with Crippen molar-refractivity contribution in [1.82, 2.24) is 15.0 Å². The molecule has 0 radical (unpaired) electrons. The van der Waals surface area contributed by atoms with Crippen molar-refractivity contribution < 1.29 is 9.13 Å². The minimum atomic E-state index is -0.454. The zero-order chi connectivity index (χ0) is 17.1. The summed E-state index contributed by atoms with van der Waals surface area (Å²) in [6, 6.07) is 17.3. The molecule has 0 fully saturated rings. The first kappa shape index (κ1) is 15.0. The molecule has 0 bridgehead atoms. The van der Waals surface area contributed by atoms with E-state index in [9.17, 15) is 4.39 Å². The van der Waals surface area contributed by atoms with Crippen molar-refractivity contribution in [1.29, 1.82) is 0 Å². The van der Waals surface area contributed by atoms with E-state index >= 15 is 0 Å². The molecule has 0 saturated heterocycles. The molecule has 0 aliphatic rings. The largest absolute Gasteiger partial charge is 0.434 e. The lowest BCUT2D eigenvalue weighted by molar-refractivity contribution is 0.429. The molecule has 0 aliphatic heterocycles. The number of aromatic nitrogens is 3. The first-order chi connectivity index (χ1) is 12.3. The summed E-state index contributed by atoms with van der Waals surface area (Å²) in [4.78, 5) is 13.0. The van der Waals surface area contributed by atoms with E-state index in [0.29, 0.717) is 11.5 Å². The quantitative estimate of drug-likeness (QED) is 0.587. The summed E-state index contributed by atoms with van der Waals surface area (Å²) in [6.07, 6.45) is 3.20. The predicted octanol–water partition coefficient (Wildman–Crippen LogP) is 4.70. The second-order valence-corrected chi connectivity index (χ2v) is 5.26. The number of halogens is 1. The van der Waals surface area contributed by atoms with Crippen LogP contribution in [0, 0.1) is 5.82 Å². The molecule has 0 unspecified atom stereocenters. The maximum absolute atomic E-state index is 13.8. The van der Waals surface area contributed by atoms with Gasteiger partial charge < -0.3 is 10.1 Å². The number of ether oxygens (including phenoxy) is 1. The van der Waals surface area contributed by atoms with E-state index in [-0.39, 0.29) is 11.6 Å². The van der Waals surface area contributed by atoms with E-state index in [2.05, 4.69) is 20.3 Å². The van der Waals surface area contributed by atoms with Gasteiger partial charge in [-0.05, 0) is 36.4 Å². The lowest BCUT2D eigenvalue weighted by atomic mass is 10.3. The highest BCUT2D eigenvalue weighted by molar-refractivity contribution is 5.76. The van der Waals surface area contributed by atoms with Gasteiger partial charge in [-0.3, -0.25) is 4.98 Å². The third-order valence-corrected chi connectivity index (χ3v) is 3.53. The van der Waals surface area contributed by atoms with Gasteiger partial charge in [-0.25, -0.2) is 14.4 Å². The van der Waals surface area contributed by atoms with Crippen LogP contribution in [0.15, 0.2) is 73.1 Å². The zero-order valence-corrected chi connectivity index (χ0v) is 13.1. The van der Waals surface area contributed by atoms with Gasteiger partial charge in [0.1, 0.15) is 11.5 Å². The van der Waals surface area contributed by atoms with Gasteiger partial charge in [0.2, 0.25) is 5.88 Å². The molecule has 4 aromatic rings. The Morgan fingerprint density at radius 3 is 2.52 bits per heavy atom. The number of fused-ring (bicyclic) bond motifs is 1. The van der Waals surface area contributed by atoms with Crippen molar-refractivity contribution in [2.75, 3.05) is 5.32 Å². The van der Waals surface area contributed by atoms with E-state index in [1.165, 1.54) is 6.07 Å². The molecule has 25 heavy (non-hydrogen) atoms. The second kappa shape index (κ2) is 6.52. The zero-order valence-electron chi connectivity index (χ0n) is 13.1. The fourth-order valence-electron chi connectivity index (χ4n) is 2.35. The number of hydrogen-bond acceptors (Lipinski definition) is 5. The first-order valence-corrected chi connectivity index (χ1v) is 7.66. The van der Waals surface area contributed by atoms with Gasteiger partial charge >= 0.3 is 0 Å². The van der Waals surface area contributed by atoms with E-state index in [1.807, 2.05) is 24.3 Å². The van der Waals surface area contributed by atoms with Crippen LogP contribution in [0.25, 0.3) is 11.0 Å². The average Bonchev–Trinajstić information content (AvgIpc) is 2.65. The fraction of sp³-hybridized carbons (Fsp3) is 0. The number of para-hydroxylation sites is 3. The Hall–Kier alpha value is -3.54. The van der Waals surface area contributed by atoms with E-state index in [4.69, 9.17) is 4.74 Å². The van der Waals surface area contributed by atoms with Crippen LogP contribution in [0.1, 0.15) is 0 Å². The third kappa shape index (κ3) is 3.23. The predicted molar refractivity (Wildman–Crippen MR) is 93.5 cm³/mol. The molecule has 2 heterocycles. The summed E-state index contributed by atoms with van der Waals surface area (Å²) in [7, 11) is 0. The van der Waals surface area contributed by atoms with Gasteiger partial charge in [0, 0.05) is 6.20 Å².